The lowest BCUT2D eigenvalue weighted by atomic mass is 9.76. The molecule has 0 atom stereocenters. The molecule has 0 radical (unpaired) electrons. The van der Waals surface area contributed by atoms with E-state index in [9.17, 15) is 4.79 Å². The van der Waals surface area contributed by atoms with Crippen LogP contribution < -0.4 is 5.32 Å². The van der Waals surface area contributed by atoms with Gasteiger partial charge in [0.15, 0.2) is 0 Å². The molecule has 20 heavy (non-hydrogen) atoms. The molecule has 104 valence electrons. The number of hydrogen-bond donors (Lipinski definition) is 1. The number of rotatable bonds is 3. The van der Waals surface area contributed by atoms with Gasteiger partial charge in [-0.3, -0.25) is 9.78 Å². The number of nitrogens with one attached hydrogen (secondary N) is 1. The van der Waals surface area contributed by atoms with E-state index in [1.807, 2.05) is 30.3 Å². The first kappa shape index (κ1) is 13.3. The van der Waals surface area contributed by atoms with Crippen molar-refractivity contribution < 1.29 is 4.79 Å². The third-order valence-electron chi connectivity index (χ3n) is 4.38. The first-order chi connectivity index (χ1) is 9.67. The van der Waals surface area contributed by atoms with Gasteiger partial charge in [-0.05, 0) is 38.1 Å². The van der Waals surface area contributed by atoms with Crippen LogP contribution in [0.2, 0.25) is 0 Å². The molecule has 0 bridgehead atoms. The van der Waals surface area contributed by atoms with E-state index in [1.54, 1.807) is 0 Å². The van der Waals surface area contributed by atoms with Gasteiger partial charge in [0.2, 0.25) is 0 Å². The predicted octanol–water partition coefficient (Wildman–Crippen LogP) is 2.74. The Morgan fingerprint density at radius 3 is 2.75 bits per heavy atom. The lowest BCUT2D eigenvalue weighted by Crippen LogP contribution is -2.40. The van der Waals surface area contributed by atoms with Crippen molar-refractivity contribution in [1.82, 2.24) is 10.3 Å². The highest BCUT2D eigenvalue weighted by molar-refractivity contribution is 5.87. The van der Waals surface area contributed by atoms with Crippen molar-refractivity contribution in [3.63, 3.8) is 0 Å². The molecule has 1 fully saturated rings. The summed E-state index contributed by atoms with van der Waals surface area (Å²) in [5, 5.41) is 4.44. The van der Waals surface area contributed by atoms with Crippen molar-refractivity contribution in [2.45, 2.75) is 26.2 Å². The Morgan fingerprint density at radius 2 is 1.95 bits per heavy atom. The Balaban J connectivity index is 1.80. The lowest BCUT2D eigenvalue weighted by Gasteiger charge is -2.32. The quantitative estimate of drug-likeness (QED) is 0.930. The van der Waals surface area contributed by atoms with Crippen LogP contribution in [0.4, 0.5) is 0 Å². The molecule has 0 unspecified atom stereocenters. The molecule has 0 spiro atoms. The van der Waals surface area contributed by atoms with E-state index in [0.29, 0.717) is 12.2 Å². The van der Waals surface area contributed by atoms with Crippen molar-refractivity contribution in [2.75, 3.05) is 13.1 Å². The van der Waals surface area contributed by atoms with Crippen molar-refractivity contribution in [1.29, 1.82) is 0 Å². The Hall–Kier alpha value is -1.74. The van der Waals surface area contributed by atoms with Crippen molar-refractivity contribution in [2.24, 2.45) is 5.41 Å². The minimum atomic E-state index is -0.182. The second-order valence-corrected chi connectivity index (χ2v) is 5.91. The van der Waals surface area contributed by atoms with Crippen LogP contribution in [0.15, 0.2) is 36.4 Å². The summed E-state index contributed by atoms with van der Waals surface area (Å²) in [6.07, 6.45) is 2.31. The molecule has 3 rings (SSSR count). The highest BCUT2D eigenvalue weighted by Gasteiger charge is 2.34. The van der Waals surface area contributed by atoms with Gasteiger partial charge in [-0.25, -0.2) is 0 Å². The summed E-state index contributed by atoms with van der Waals surface area (Å²) in [6, 6.07) is 12.1. The van der Waals surface area contributed by atoms with Gasteiger partial charge in [0, 0.05) is 22.9 Å². The molecule has 0 amide bonds. The third-order valence-corrected chi connectivity index (χ3v) is 4.38. The molecule has 3 heteroatoms. The Labute approximate surface area is 119 Å². The number of carbonyl (C=O) groups is 1. The van der Waals surface area contributed by atoms with Gasteiger partial charge in [-0.2, -0.15) is 0 Å². The number of benzene rings is 1. The molecule has 3 nitrogen and oxygen atoms in total. The fourth-order valence-electron chi connectivity index (χ4n) is 2.84. The summed E-state index contributed by atoms with van der Waals surface area (Å²) in [4.78, 5) is 17.2. The van der Waals surface area contributed by atoms with Gasteiger partial charge >= 0.3 is 0 Å². The highest BCUT2D eigenvalue weighted by atomic mass is 16.1. The van der Waals surface area contributed by atoms with E-state index in [-0.39, 0.29) is 5.41 Å². The molecule has 1 saturated heterocycles. The van der Waals surface area contributed by atoms with Crippen LogP contribution in [-0.2, 0) is 11.2 Å². The molecule has 1 aromatic carbocycles. The van der Waals surface area contributed by atoms with E-state index in [4.69, 9.17) is 0 Å². The van der Waals surface area contributed by atoms with Crippen LogP contribution in [0.25, 0.3) is 10.9 Å². The lowest BCUT2D eigenvalue weighted by molar-refractivity contribution is -0.128. The standard InChI is InChI=1S/C17H20N2O/c1-17(8-10-18-11-9-17)16(20)12-14-7-6-13-4-2-3-5-15(13)19-14/h2-7,18H,8-12H2,1H3. The zero-order chi connectivity index (χ0) is 14.0. The molecule has 2 heterocycles. The highest BCUT2D eigenvalue weighted by Crippen LogP contribution is 2.30. The molecule has 1 aromatic heterocycles. The van der Waals surface area contributed by atoms with Crippen LogP contribution in [-0.4, -0.2) is 23.9 Å². The van der Waals surface area contributed by atoms with Gasteiger partial charge < -0.3 is 5.32 Å². The summed E-state index contributed by atoms with van der Waals surface area (Å²) < 4.78 is 0. The molecule has 0 aliphatic carbocycles. The molecule has 1 aliphatic rings. The van der Waals surface area contributed by atoms with E-state index in [1.165, 1.54) is 0 Å². The van der Waals surface area contributed by atoms with Crippen LogP contribution in [0.3, 0.4) is 0 Å². The van der Waals surface area contributed by atoms with Crippen LogP contribution in [0.1, 0.15) is 25.5 Å². The maximum Gasteiger partial charge on any atom is 0.144 e. The zero-order valence-electron chi connectivity index (χ0n) is 11.9. The fourth-order valence-corrected chi connectivity index (χ4v) is 2.84. The van der Waals surface area contributed by atoms with Gasteiger partial charge in [0.05, 0.1) is 5.52 Å². The van der Waals surface area contributed by atoms with Crippen LogP contribution in [0, 0.1) is 5.41 Å². The number of fused-ring (bicyclic) bond motifs is 1. The van der Waals surface area contributed by atoms with Gasteiger partial charge in [-0.15, -0.1) is 0 Å². The predicted molar refractivity (Wildman–Crippen MR) is 80.7 cm³/mol. The van der Waals surface area contributed by atoms with E-state index in [2.05, 4.69) is 23.3 Å². The molecule has 1 aliphatic heterocycles. The number of nitrogens with zero attached hydrogens (tertiary/aromatic N) is 1. The number of aromatic nitrogens is 1. The summed E-state index contributed by atoms with van der Waals surface area (Å²) in [5.74, 6) is 0.321. The van der Waals surface area contributed by atoms with E-state index < -0.39 is 0 Å². The minimum absolute atomic E-state index is 0.182. The van der Waals surface area contributed by atoms with Gasteiger partial charge in [-0.1, -0.05) is 31.2 Å². The summed E-state index contributed by atoms with van der Waals surface area (Å²) in [5.41, 5.74) is 1.67. The molecule has 0 saturated carbocycles. The van der Waals surface area contributed by atoms with Crippen LogP contribution in [0.5, 0.6) is 0 Å². The molecular weight excluding hydrogens is 248 g/mol. The fraction of sp³-hybridized carbons (Fsp3) is 0.412. The van der Waals surface area contributed by atoms with Crippen molar-refractivity contribution in [3.05, 3.63) is 42.1 Å². The number of pyridine rings is 1. The average molecular weight is 268 g/mol. The van der Waals surface area contributed by atoms with Gasteiger partial charge in [0.25, 0.3) is 0 Å². The average Bonchev–Trinajstić information content (AvgIpc) is 2.48. The first-order valence-corrected chi connectivity index (χ1v) is 7.26. The maximum absolute atomic E-state index is 12.6. The number of hydrogen-bond acceptors (Lipinski definition) is 3. The summed E-state index contributed by atoms with van der Waals surface area (Å²) >= 11 is 0. The molecular formula is C17H20N2O. The molecule has 1 N–H and O–H groups in total. The Bertz CT molecular complexity index is 630. The largest absolute Gasteiger partial charge is 0.317 e. The number of para-hydroxylation sites is 1. The zero-order valence-corrected chi connectivity index (χ0v) is 11.9. The normalized spacial score (nSPS) is 18.1. The second kappa shape index (κ2) is 5.33. The van der Waals surface area contributed by atoms with E-state index >= 15 is 0 Å². The Morgan fingerprint density at radius 1 is 1.20 bits per heavy atom. The van der Waals surface area contributed by atoms with Crippen molar-refractivity contribution >= 4 is 16.7 Å². The summed E-state index contributed by atoms with van der Waals surface area (Å²) in [7, 11) is 0. The topological polar surface area (TPSA) is 42.0 Å². The maximum atomic E-state index is 12.6. The van der Waals surface area contributed by atoms with Crippen molar-refractivity contribution in [3.8, 4) is 0 Å². The smallest absolute Gasteiger partial charge is 0.144 e. The molecule has 2 aromatic rings. The Kier molecular flexibility index (Phi) is 3.53. The minimum Gasteiger partial charge on any atom is -0.317 e. The van der Waals surface area contributed by atoms with Gasteiger partial charge in [0.1, 0.15) is 5.78 Å². The third kappa shape index (κ3) is 2.59. The SMILES string of the molecule is CC1(C(=O)Cc2ccc3ccccc3n2)CCNCC1. The monoisotopic (exact) mass is 268 g/mol. The summed E-state index contributed by atoms with van der Waals surface area (Å²) in [6.45, 7) is 3.97. The number of piperidine rings is 1. The number of ketones is 1. The second-order valence-electron chi connectivity index (χ2n) is 5.91. The number of Topliss-reactive ketones (excluding diaryl/α,β-unsaturated/α-hetero) is 1. The van der Waals surface area contributed by atoms with Crippen LogP contribution >= 0.6 is 0 Å². The first-order valence-electron chi connectivity index (χ1n) is 7.26. The van der Waals surface area contributed by atoms with E-state index in [0.717, 1.165) is 42.5 Å². The number of carbonyl (C=O) groups excluding carboxylic acids is 1.